The molecule has 1 amide bonds. The molecular formula is C21H20ClN5O2. The van der Waals surface area contributed by atoms with Gasteiger partial charge in [-0.15, -0.1) is 0 Å². The van der Waals surface area contributed by atoms with E-state index in [0.29, 0.717) is 34.6 Å². The number of hydrogen-bond acceptors (Lipinski definition) is 5. The van der Waals surface area contributed by atoms with Gasteiger partial charge < -0.3 is 9.42 Å². The van der Waals surface area contributed by atoms with Crippen LogP contribution < -0.4 is 0 Å². The van der Waals surface area contributed by atoms with E-state index in [2.05, 4.69) is 10.1 Å². The van der Waals surface area contributed by atoms with Crippen molar-refractivity contribution in [3.8, 4) is 17.3 Å². The molecule has 0 N–H and O–H groups in total. The molecule has 148 valence electrons. The highest BCUT2D eigenvalue weighted by molar-refractivity contribution is 6.34. The molecular weight excluding hydrogens is 390 g/mol. The summed E-state index contributed by atoms with van der Waals surface area (Å²) in [6, 6.07) is 5.45. The Labute approximate surface area is 172 Å². The van der Waals surface area contributed by atoms with Crippen molar-refractivity contribution in [1.29, 1.82) is 0 Å². The zero-order chi connectivity index (χ0) is 19.5. The van der Waals surface area contributed by atoms with Crippen LogP contribution in [0, 0.1) is 0 Å². The lowest BCUT2D eigenvalue weighted by Gasteiger charge is -2.22. The topological polar surface area (TPSA) is 77.0 Å². The van der Waals surface area contributed by atoms with E-state index in [0.717, 1.165) is 42.9 Å². The second-order valence-electron chi connectivity index (χ2n) is 8.08. The highest BCUT2D eigenvalue weighted by Gasteiger charge is 2.40. The molecule has 1 aliphatic carbocycles. The van der Waals surface area contributed by atoms with Gasteiger partial charge in [0.2, 0.25) is 0 Å². The van der Waals surface area contributed by atoms with Crippen molar-refractivity contribution in [1.82, 2.24) is 24.6 Å². The average Bonchev–Trinajstić information content (AvgIpc) is 3.52. The number of imidazole rings is 1. The van der Waals surface area contributed by atoms with Crippen LogP contribution in [0.25, 0.3) is 17.3 Å². The number of nitrogens with zero attached hydrogens (tertiary/aromatic N) is 5. The fourth-order valence-electron chi connectivity index (χ4n) is 5.08. The van der Waals surface area contributed by atoms with E-state index in [9.17, 15) is 4.79 Å². The van der Waals surface area contributed by atoms with Gasteiger partial charge in [-0.2, -0.15) is 4.98 Å². The second-order valence-corrected chi connectivity index (χ2v) is 8.49. The Bertz CT molecular complexity index is 1110. The highest BCUT2D eigenvalue weighted by Crippen LogP contribution is 2.43. The zero-order valence-electron chi connectivity index (χ0n) is 15.8. The first kappa shape index (κ1) is 17.2. The summed E-state index contributed by atoms with van der Waals surface area (Å²) in [5.41, 5.74) is 2.87. The molecule has 29 heavy (non-hydrogen) atoms. The molecule has 2 aliphatic heterocycles. The molecule has 1 atom stereocenters. The minimum Gasteiger partial charge on any atom is -0.332 e. The van der Waals surface area contributed by atoms with Gasteiger partial charge in [0.1, 0.15) is 6.33 Å². The summed E-state index contributed by atoms with van der Waals surface area (Å²) in [5.74, 6) is 1.55. The number of carbonyl (C=O) groups excluding carboxylic acids is 1. The molecule has 1 saturated heterocycles. The van der Waals surface area contributed by atoms with Crippen LogP contribution in [-0.2, 0) is 0 Å². The van der Waals surface area contributed by atoms with Crippen molar-refractivity contribution in [2.75, 3.05) is 6.54 Å². The summed E-state index contributed by atoms with van der Waals surface area (Å²) >= 11 is 6.44. The molecule has 7 nitrogen and oxygen atoms in total. The largest absolute Gasteiger partial charge is 0.332 e. The van der Waals surface area contributed by atoms with Gasteiger partial charge in [-0.3, -0.25) is 9.36 Å². The lowest BCUT2D eigenvalue weighted by molar-refractivity contribution is 0.0739. The third-order valence-electron chi connectivity index (χ3n) is 6.46. The maximum atomic E-state index is 13.3. The minimum atomic E-state index is -0.0784. The Kier molecular flexibility index (Phi) is 3.81. The van der Waals surface area contributed by atoms with Gasteiger partial charge in [-0.1, -0.05) is 35.7 Å². The number of aromatic nitrogens is 4. The number of rotatable bonds is 2. The molecule has 0 unspecified atom stereocenters. The normalized spacial score (nSPS) is 21.2. The van der Waals surface area contributed by atoms with Crippen molar-refractivity contribution < 1.29 is 9.32 Å². The van der Waals surface area contributed by atoms with Crippen LogP contribution in [0.4, 0.5) is 0 Å². The minimum absolute atomic E-state index is 0.0278. The summed E-state index contributed by atoms with van der Waals surface area (Å²) < 4.78 is 7.62. The number of halogens is 1. The Morgan fingerprint density at radius 1 is 1.14 bits per heavy atom. The lowest BCUT2D eigenvalue weighted by Crippen LogP contribution is -2.29. The van der Waals surface area contributed by atoms with E-state index in [4.69, 9.17) is 21.1 Å². The quantitative estimate of drug-likeness (QED) is 0.621. The molecule has 1 saturated carbocycles. The first-order chi connectivity index (χ1) is 14.2. The average molecular weight is 410 g/mol. The summed E-state index contributed by atoms with van der Waals surface area (Å²) in [7, 11) is 0. The summed E-state index contributed by atoms with van der Waals surface area (Å²) in [6.07, 6.45) is 8.20. The standard InChI is InChI=1S/C21H20ClN5O2/c22-13-7-3-8-14-16(13)21(28)26-10-4-9-15(26)18-17(23-11-27(14)18)20-24-19(25-29-20)12-5-1-2-6-12/h3,7-8,11-12,15H,1-2,4-6,9-10H2/t15-/m0/s1. The maximum absolute atomic E-state index is 13.3. The fourth-order valence-corrected chi connectivity index (χ4v) is 5.33. The number of hydrogen-bond donors (Lipinski definition) is 0. The smallest absolute Gasteiger partial charge is 0.278 e. The second kappa shape index (κ2) is 6.42. The van der Waals surface area contributed by atoms with E-state index in [1.54, 1.807) is 12.4 Å². The maximum Gasteiger partial charge on any atom is 0.278 e. The van der Waals surface area contributed by atoms with Crippen LogP contribution in [0.1, 0.15) is 72.4 Å². The van der Waals surface area contributed by atoms with Crippen LogP contribution in [0.3, 0.4) is 0 Å². The monoisotopic (exact) mass is 409 g/mol. The van der Waals surface area contributed by atoms with Crippen molar-refractivity contribution in [3.05, 3.63) is 46.6 Å². The number of benzene rings is 1. The van der Waals surface area contributed by atoms with Crippen LogP contribution in [-0.4, -0.2) is 37.0 Å². The summed E-state index contributed by atoms with van der Waals surface area (Å²) in [4.78, 5) is 24.5. The molecule has 6 rings (SSSR count). The first-order valence-corrected chi connectivity index (χ1v) is 10.6. The fraction of sp³-hybridized carbons (Fsp3) is 0.429. The molecule has 0 bridgehead atoms. The SMILES string of the molecule is O=C1c2c(Cl)cccc2-n2cnc(-c3nc(C4CCCC4)no3)c2[C@@H]2CCCN12. The molecule has 4 heterocycles. The van der Waals surface area contributed by atoms with E-state index >= 15 is 0 Å². The number of amides is 1. The Morgan fingerprint density at radius 3 is 2.86 bits per heavy atom. The Balaban J connectivity index is 1.53. The zero-order valence-corrected chi connectivity index (χ0v) is 16.6. The van der Waals surface area contributed by atoms with Crippen molar-refractivity contribution in [3.63, 3.8) is 0 Å². The molecule has 3 aromatic rings. The van der Waals surface area contributed by atoms with Crippen LogP contribution in [0.2, 0.25) is 5.02 Å². The van der Waals surface area contributed by atoms with Gasteiger partial charge in [-0.25, -0.2) is 4.98 Å². The van der Waals surface area contributed by atoms with Gasteiger partial charge in [-0.05, 0) is 37.8 Å². The Morgan fingerprint density at radius 2 is 2.00 bits per heavy atom. The van der Waals surface area contributed by atoms with Crippen LogP contribution in [0.5, 0.6) is 0 Å². The molecule has 2 fully saturated rings. The third-order valence-corrected chi connectivity index (χ3v) is 6.78. The lowest BCUT2D eigenvalue weighted by atomic mass is 10.1. The van der Waals surface area contributed by atoms with E-state index in [1.807, 2.05) is 21.6 Å². The molecule has 8 heteroatoms. The van der Waals surface area contributed by atoms with Crippen molar-refractivity contribution in [2.45, 2.75) is 50.5 Å². The first-order valence-electron chi connectivity index (χ1n) is 10.2. The van der Waals surface area contributed by atoms with Gasteiger partial charge in [0, 0.05) is 12.5 Å². The van der Waals surface area contributed by atoms with Gasteiger partial charge in [0.25, 0.3) is 11.8 Å². The predicted octanol–water partition coefficient (Wildman–Crippen LogP) is 4.52. The number of carbonyl (C=O) groups is 1. The van der Waals surface area contributed by atoms with Crippen molar-refractivity contribution >= 4 is 17.5 Å². The third kappa shape index (κ3) is 2.50. The van der Waals surface area contributed by atoms with Gasteiger partial charge in [0.15, 0.2) is 11.5 Å². The van der Waals surface area contributed by atoms with E-state index in [-0.39, 0.29) is 11.9 Å². The molecule has 0 radical (unpaired) electrons. The molecule has 1 aromatic carbocycles. The number of fused-ring (bicyclic) bond motifs is 5. The highest BCUT2D eigenvalue weighted by atomic mass is 35.5. The predicted molar refractivity (Wildman–Crippen MR) is 106 cm³/mol. The summed E-state index contributed by atoms with van der Waals surface area (Å²) in [6.45, 7) is 0.704. The summed E-state index contributed by atoms with van der Waals surface area (Å²) in [5, 5.41) is 4.71. The molecule has 2 aromatic heterocycles. The Hall–Kier alpha value is -2.67. The van der Waals surface area contributed by atoms with Gasteiger partial charge in [0.05, 0.1) is 28.0 Å². The van der Waals surface area contributed by atoms with E-state index in [1.165, 1.54) is 12.8 Å². The van der Waals surface area contributed by atoms with Crippen LogP contribution >= 0.6 is 11.6 Å². The van der Waals surface area contributed by atoms with Gasteiger partial charge >= 0.3 is 0 Å². The molecule has 0 spiro atoms. The van der Waals surface area contributed by atoms with Crippen molar-refractivity contribution in [2.24, 2.45) is 0 Å². The molecule has 3 aliphatic rings. The van der Waals surface area contributed by atoms with E-state index < -0.39 is 0 Å². The van der Waals surface area contributed by atoms with Crippen LogP contribution in [0.15, 0.2) is 29.0 Å².